The molecular weight excluding hydrogens is 268 g/mol. The molecule has 0 aliphatic heterocycles. The summed E-state index contributed by atoms with van der Waals surface area (Å²) in [5, 5.41) is 0. The van der Waals surface area contributed by atoms with E-state index in [0.29, 0.717) is 0 Å². The Kier molecular flexibility index (Phi) is 9.38. The Balaban J connectivity index is 2.13. The maximum atomic E-state index is 11.3. The molecule has 0 saturated heterocycles. The van der Waals surface area contributed by atoms with Crippen LogP contribution in [0.5, 0.6) is 5.75 Å². The molecule has 0 N–H and O–H groups in total. The van der Waals surface area contributed by atoms with E-state index >= 15 is 0 Å². The van der Waals surface area contributed by atoms with Crippen LogP contribution >= 0.6 is 0 Å². The average Bonchev–Trinajstić information content (AvgIpc) is 2.47. The predicted molar refractivity (Wildman–Crippen MR) is 88.0 cm³/mol. The molecule has 1 rings (SSSR count). The van der Waals surface area contributed by atoms with Gasteiger partial charge in [0.1, 0.15) is 5.75 Å². The highest BCUT2D eigenvalue weighted by Crippen LogP contribution is 2.19. The number of rotatable bonds is 11. The third kappa shape index (κ3) is 7.09. The van der Waals surface area contributed by atoms with Gasteiger partial charge in [0.2, 0.25) is 0 Å². The molecule has 1 aromatic carbocycles. The molecule has 0 aliphatic rings. The summed E-state index contributed by atoms with van der Waals surface area (Å²) < 4.78 is 17.1. The zero-order valence-corrected chi connectivity index (χ0v) is 13.7. The van der Waals surface area contributed by atoms with E-state index in [-0.39, 0.29) is 0 Å². The molecule has 1 aromatic rings. The topological polar surface area (TPSA) is 26.3 Å². The van der Waals surface area contributed by atoms with Crippen LogP contribution in [0.3, 0.4) is 0 Å². The molecular formula is C17H28O2S. The highest BCUT2D eigenvalue weighted by atomic mass is 32.2. The Morgan fingerprint density at radius 1 is 1.05 bits per heavy atom. The summed E-state index contributed by atoms with van der Waals surface area (Å²) in [5.41, 5.74) is 1.31. The number of hydrogen-bond donors (Lipinski definition) is 0. The van der Waals surface area contributed by atoms with E-state index < -0.39 is 10.8 Å². The van der Waals surface area contributed by atoms with E-state index in [9.17, 15) is 4.21 Å². The lowest BCUT2D eigenvalue weighted by Crippen LogP contribution is -2.02. The molecule has 0 aromatic heterocycles. The fraction of sp³-hybridized carbons (Fsp3) is 0.647. The van der Waals surface area contributed by atoms with Crippen molar-refractivity contribution in [1.82, 2.24) is 0 Å². The molecule has 0 amide bonds. The van der Waals surface area contributed by atoms with Crippen molar-refractivity contribution in [2.45, 2.75) is 52.4 Å². The zero-order chi connectivity index (χ0) is 14.6. The summed E-state index contributed by atoms with van der Waals surface area (Å²) in [6.45, 7) is 4.96. The average molecular weight is 296 g/mol. The number of unbranched alkanes of at least 4 members (excludes halogenated alkanes) is 3. The first-order chi connectivity index (χ1) is 9.77. The van der Waals surface area contributed by atoms with E-state index in [1.807, 2.05) is 13.0 Å². The standard InChI is InChI=1S/C17H28O2S/c1-3-11-16-12-7-8-13-17(16)19-14-9-5-6-10-15-20(18)4-2/h7-8,12-13H,3-6,9-11,14-15H2,1-2H3. The van der Waals surface area contributed by atoms with E-state index in [1.165, 1.54) is 5.56 Å². The maximum absolute atomic E-state index is 11.3. The first-order valence-corrected chi connectivity index (χ1v) is 9.32. The molecule has 3 heteroatoms. The van der Waals surface area contributed by atoms with Gasteiger partial charge < -0.3 is 4.74 Å². The van der Waals surface area contributed by atoms with E-state index in [0.717, 1.165) is 62.4 Å². The van der Waals surface area contributed by atoms with Gasteiger partial charge in [-0.05, 0) is 30.9 Å². The summed E-state index contributed by atoms with van der Waals surface area (Å²) in [6.07, 6.45) is 6.71. The Morgan fingerprint density at radius 3 is 2.55 bits per heavy atom. The van der Waals surface area contributed by atoms with Gasteiger partial charge in [-0.1, -0.05) is 51.3 Å². The Morgan fingerprint density at radius 2 is 1.80 bits per heavy atom. The molecule has 1 atom stereocenters. The fourth-order valence-corrected chi connectivity index (χ4v) is 2.98. The van der Waals surface area contributed by atoms with Crippen LogP contribution in [-0.2, 0) is 17.2 Å². The van der Waals surface area contributed by atoms with Crippen molar-refractivity contribution < 1.29 is 8.95 Å². The van der Waals surface area contributed by atoms with Crippen molar-refractivity contribution in [3.05, 3.63) is 29.8 Å². The zero-order valence-electron chi connectivity index (χ0n) is 12.9. The minimum absolute atomic E-state index is 0.601. The minimum Gasteiger partial charge on any atom is -0.493 e. The molecule has 0 spiro atoms. The molecule has 114 valence electrons. The summed E-state index contributed by atoms with van der Waals surface area (Å²) in [5.74, 6) is 2.69. The summed E-state index contributed by atoms with van der Waals surface area (Å²) in [6, 6.07) is 8.33. The van der Waals surface area contributed by atoms with Crippen molar-refractivity contribution in [2.24, 2.45) is 0 Å². The summed E-state index contributed by atoms with van der Waals surface area (Å²) in [4.78, 5) is 0. The second kappa shape index (κ2) is 10.9. The molecule has 0 bridgehead atoms. The van der Waals surface area contributed by atoms with Crippen LogP contribution in [0.1, 0.15) is 51.5 Å². The number of para-hydroxylation sites is 1. The van der Waals surface area contributed by atoms with Crippen molar-refractivity contribution >= 4 is 10.8 Å². The second-order valence-electron chi connectivity index (χ2n) is 5.05. The van der Waals surface area contributed by atoms with Crippen molar-refractivity contribution in [2.75, 3.05) is 18.1 Å². The number of aryl methyl sites for hydroxylation is 1. The van der Waals surface area contributed by atoms with Crippen molar-refractivity contribution in [3.63, 3.8) is 0 Å². The number of benzene rings is 1. The molecule has 0 heterocycles. The highest BCUT2D eigenvalue weighted by molar-refractivity contribution is 7.84. The van der Waals surface area contributed by atoms with E-state index in [4.69, 9.17) is 4.74 Å². The molecule has 20 heavy (non-hydrogen) atoms. The smallest absolute Gasteiger partial charge is 0.122 e. The van der Waals surface area contributed by atoms with Gasteiger partial charge >= 0.3 is 0 Å². The van der Waals surface area contributed by atoms with Gasteiger partial charge in [0.05, 0.1) is 6.61 Å². The van der Waals surface area contributed by atoms with Crippen LogP contribution in [0.15, 0.2) is 24.3 Å². The maximum Gasteiger partial charge on any atom is 0.122 e. The third-order valence-corrected chi connectivity index (χ3v) is 4.73. The van der Waals surface area contributed by atoms with Gasteiger partial charge in [-0.2, -0.15) is 0 Å². The monoisotopic (exact) mass is 296 g/mol. The SMILES string of the molecule is CCCc1ccccc1OCCCCCCS(=O)CC. The van der Waals surface area contributed by atoms with Crippen molar-refractivity contribution in [1.29, 1.82) is 0 Å². The van der Waals surface area contributed by atoms with Gasteiger partial charge in [0, 0.05) is 22.3 Å². The van der Waals surface area contributed by atoms with Gasteiger partial charge in [-0.25, -0.2) is 0 Å². The largest absolute Gasteiger partial charge is 0.493 e. The normalized spacial score (nSPS) is 12.3. The lowest BCUT2D eigenvalue weighted by Gasteiger charge is -2.10. The molecule has 0 aliphatic carbocycles. The Bertz CT molecular complexity index is 390. The quantitative estimate of drug-likeness (QED) is 0.568. The van der Waals surface area contributed by atoms with Gasteiger partial charge in [0.15, 0.2) is 0 Å². The number of ether oxygens (including phenoxy) is 1. The van der Waals surface area contributed by atoms with Crippen LogP contribution in [0.4, 0.5) is 0 Å². The Hall–Kier alpha value is -0.830. The molecule has 0 fully saturated rings. The molecule has 0 saturated carbocycles. The summed E-state index contributed by atoms with van der Waals surface area (Å²) in [7, 11) is -0.601. The second-order valence-corrected chi connectivity index (χ2v) is 6.92. The predicted octanol–water partition coefficient (Wildman–Crippen LogP) is 4.35. The summed E-state index contributed by atoms with van der Waals surface area (Å²) >= 11 is 0. The van der Waals surface area contributed by atoms with E-state index in [2.05, 4.69) is 25.1 Å². The molecule has 1 unspecified atom stereocenters. The Labute approximate surface area is 126 Å². The van der Waals surface area contributed by atoms with Crippen LogP contribution in [-0.4, -0.2) is 22.3 Å². The first kappa shape index (κ1) is 17.2. The lowest BCUT2D eigenvalue weighted by molar-refractivity contribution is 0.302. The van der Waals surface area contributed by atoms with Crippen LogP contribution in [0.2, 0.25) is 0 Å². The van der Waals surface area contributed by atoms with Crippen molar-refractivity contribution in [3.8, 4) is 5.75 Å². The van der Waals surface area contributed by atoms with Crippen LogP contribution < -0.4 is 4.74 Å². The van der Waals surface area contributed by atoms with E-state index in [1.54, 1.807) is 0 Å². The van der Waals surface area contributed by atoms with Gasteiger partial charge in [-0.15, -0.1) is 0 Å². The third-order valence-electron chi connectivity index (χ3n) is 3.34. The van der Waals surface area contributed by atoms with Crippen LogP contribution in [0.25, 0.3) is 0 Å². The minimum atomic E-state index is -0.601. The fourth-order valence-electron chi connectivity index (χ4n) is 2.17. The molecule has 2 nitrogen and oxygen atoms in total. The number of hydrogen-bond acceptors (Lipinski definition) is 2. The first-order valence-electron chi connectivity index (χ1n) is 7.83. The lowest BCUT2D eigenvalue weighted by atomic mass is 10.1. The highest BCUT2D eigenvalue weighted by Gasteiger charge is 2.01. The molecule has 0 radical (unpaired) electrons. The van der Waals surface area contributed by atoms with Gasteiger partial charge in [0.25, 0.3) is 0 Å². The van der Waals surface area contributed by atoms with Crippen LogP contribution in [0, 0.1) is 0 Å². The van der Waals surface area contributed by atoms with Gasteiger partial charge in [-0.3, -0.25) is 4.21 Å².